The summed E-state index contributed by atoms with van der Waals surface area (Å²) < 4.78 is 21.8. The molecule has 4 heterocycles. The molecular weight excluding hydrogens is 349 g/mol. The Labute approximate surface area is 147 Å². The van der Waals surface area contributed by atoms with Gasteiger partial charge in [0.2, 0.25) is 0 Å². The van der Waals surface area contributed by atoms with Crippen molar-refractivity contribution in [2.24, 2.45) is 4.99 Å². The van der Waals surface area contributed by atoms with E-state index in [2.05, 4.69) is 4.99 Å². The summed E-state index contributed by atoms with van der Waals surface area (Å²) in [6.07, 6.45) is -3.17. The number of fused-ring (bicyclic) bond motifs is 1. The minimum Gasteiger partial charge on any atom is -0.394 e. The van der Waals surface area contributed by atoms with Gasteiger partial charge in [-0.25, -0.2) is 4.39 Å². The van der Waals surface area contributed by atoms with Crippen LogP contribution in [-0.2, 0) is 4.74 Å². The van der Waals surface area contributed by atoms with E-state index in [0.717, 1.165) is 4.88 Å². The van der Waals surface area contributed by atoms with Crippen molar-refractivity contribution in [1.82, 2.24) is 4.57 Å². The zero-order valence-corrected chi connectivity index (χ0v) is 14.2. The van der Waals surface area contributed by atoms with Gasteiger partial charge in [0.1, 0.15) is 30.8 Å². The number of aliphatic imine (C=N–C) groups is 1. The molecule has 1 fully saturated rings. The van der Waals surface area contributed by atoms with E-state index in [1.165, 1.54) is 22.1 Å². The van der Waals surface area contributed by atoms with Gasteiger partial charge in [0.05, 0.1) is 22.8 Å². The highest BCUT2D eigenvalue weighted by molar-refractivity contribution is 7.12. The van der Waals surface area contributed by atoms with Crippen LogP contribution in [0.3, 0.4) is 0 Å². The summed E-state index contributed by atoms with van der Waals surface area (Å²) in [6.45, 7) is -0.100. The molecule has 4 atom stereocenters. The lowest BCUT2D eigenvalue weighted by Crippen LogP contribution is -2.34. The molecule has 4 rings (SSSR count). The fourth-order valence-corrected chi connectivity index (χ4v) is 4.07. The number of nitrogens with zero attached hydrogens (tertiary/aromatic N) is 3. The molecule has 134 valence electrons. The van der Waals surface area contributed by atoms with E-state index in [-0.39, 0.29) is 0 Å². The van der Waals surface area contributed by atoms with E-state index in [9.17, 15) is 19.7 Å². The fourth-order valence-electron chi connectivity index (χ4n) is 3.33. The van der Waals surface area contributed by atoms with E-state index in [1.54, 1.807) is 11.9 Å². The molecule has 2 aliphatic heterocycles. The first-order valence-electron chi connectivity index (χ1n) is 7.85. The van der Waals surface area contributed by atoms with E-state index in [0.29, 0.717) is 23.8 Å². The topological polar surface area (TPSA) is 90.5 Å². The molecule has 25 heavy (non-hydrogen) atoms. The first kappa shape index (κ1) is 16.7. The van der Waals surface area contributed by atoms with Crippen molar-refractivity contribution in [2.75, 3.05) is 25.2 Å². The van der Waals surface area contributed by atoms with Gasteiger partial charge in [0.15, 0.2) is 12.0 Å². The summed E-state index contributed by atoms with van der Waals surface area (Å²) in [5.41, 5.74) is 0.903. The normalized spacial score (nSPS) is 29.0. The molecule has 3 N–H and O–H groups in total. The molecule has 9 heteroatoms. The Bertz CT molecular complexity index is 807. The van der Waals surface area contributed by atoms with Crippen molar-refractivity contribution in [1.29, 1.82) is 0 Å². The first-order valence-corrected chi connectivity index (χ1v) is 8.73. The monoisotopic (exact) mass is 367 g/mol. The number of hydrogen-bond acceptors (Lipinski definition) is 7. The van der Waals surface area contributed by atoms with Crippen LogP contribution >= 0.6 is 11.3 Å². The maximum Gasteiger partial charge on any atom is 0.164 e. The lowest BCUT2D eigenvalue weighted by atomic mass is 10.1. The Morgan fingerprint density at radius 1 is 1.40 bits per heavy atom. The number of ether oxygens (including phenoxy) is 1. The van der Waals surface area contributed by atoms with Gasteiger partial charge in [-0.15, -0.1) is 11.3 Å². The summed E-state index contributed by atoms with van der Waals surface area (Å²) in [4.78, 5) is 7.08. The number of anilines is 1. The summed E-state index contributed by atoms with van der Waals surface area (Å²) in [6, 6.07) is 3.75. The Balaban J connectivity index is 1.80. The molecule has 2 aromatic heterocycles. The first-order chi connectivity index (χ1) is 12.0. The molecule has 2 aliphatic rings. The van der Waals surface area contributed by atoms with E-state index >= 15 is 0 Å². The minimum atomic E-state index is -1.27. The van der Waals surface area contributed by atoms with Crippen LogP contribution in [0.1, 0.15) is 16.7 Å². The molecular formula is C16H18FN3O4S. The quantitative estimate of drug-likeness (QED) is 0.737. The Hall–Kier alpha value is -1.78. The molecule has 0 aromatic carbocycles. The molecule has 0 amide bonds. The maximum atomic E-state index is 14.8. The van der Waals surface area contributed by atoms with Crippen molar-refractivity contribution >= 4 is 22.9 Å². The lowest BCUT2D eigenvalue weighted by molar-refractivity contribution is -0.0520. The van der Waals surface area contributed by atoms with Crippen LogP contribution in [0.15, 0.2) is 28.7 Å². The average molecular weight is 367 g/mol. The second-order valence-electron chi connectivity index (χ2n) is 6.14. The second-order valence-corrected chi connectivity index (χ2v) is 7.08. The van der Waals surface area contributed by atoms with Gasteiger partial charge in [-0.3, -0.25) is 4.99 Å². The fraction of sp³-hybridized carbons (Fsp3) is 0.438. The van der Waals surface area contributed by atoms with Gasteiger partial charge in [-0.2, -0.15) is 0 Å². The minimum absolute atomic E-state index is 0.332. The van der Waals surface area contributed by atoms with Crippen LogP contribution in [0.5, 0.6) is 0 Å². The third-order valence-corrected chi connectivity index (χ3v) is 5.42. The van der Waals surface area contributed by atoms with Crippen LogP contribution in [0.25, 0.3) is 0 Å². The van der Waals surface area contributed by atoms with Gasteiger partial charge < -0.3 is 29.5 Å². The molecule has 0 bridgehead atoms. The van der Waals surface area contributed by atoms with Crippen LogP contribution in [0.2, 0.25) is 0 Å². The standard InChI is InChI=1S/C16H18FN3O4S/c1-19-7-18-12(10-3-2-4-25-10)11-8(17)5-20(15(11)19)16-14(23)13(22)9(6-21)24-16/h2-5,9,13-14,16,21-23H,6-7H2,1H3/t9-,13-,14-,16-/m1/s1. The smallest absolute Gasteiger partial charge is 0.164 e. The molecule has 1 saturated heterocycles. The van der Waals surface area contributed by atoms with Gasteiger partial charge in [-0.05, 0) is 11.4 Å². The van der Waals surface area contributed by atoms with Crippen molar-refractivity contribution in [3.05, 3.63) is 40.0 Å². The molecule has 0 unspecified atom stereocenters. The van der Waals surface area contributed by atoms with Crippen molar-refractivity contribution < 1.29 is 24.4 Å². The van der Waals surface area contributed by atoms with Crippen LogP contribution in [0.4, 0.5) is 10.2 Å². The Morgan fingerprint density at radius 2 is 2.20 bits per heavy atom. The number of aliphatic hydroxyl groups is 3. The molecule has 0 aliphatic carbocycles. The van der Waals surface area contributed by atoms with Gasteiger partial charge in [0.25, 0.3) is 0 Å². The number of halogens is 1. The number of aromatic nitrogens is 1. The van der Waals surface area contributed by atoms with Crippen LogP contribution in [0, 0.1) is 5.82 Å². The number of rotatable bonds is 3. The summed E-state index contributed by atoms with van der Waals surface area (Å²) in [5, 5.41) is 31.4. The van der Waals surface area contributed by atoms with E-state index in [4.69, 9.17) is 4.74 Å². The Morgan fingerprint density at radius 3 is 2.84 bits per heavy atom. The highest BCUT2D eigenvalue weighted by Crippen LogP contribution is 2.38. The number of thiophene rings is 1. The van der Waals surface area contributed by atoms with Crippen molar-refractivity contribution in [3.63, 3.8) is 0 Å². The SMILES string of the molecule is CN1CN=C(c2cccs2)c2c(F)cn([C@@H]3O[C@H](CO)[C@@H](O)[C@H]3O)c21. The third-order valence-electron chi connectivity index (χ3n) is 4.54. The number of hydrogen-bond donors (Lipinski definition) is 3. The largest absolute Gasteiger partial charge is 0.394 e. The lowest BCUT2D eigenvalue weighted by Gasteiger charge is -2.28. The molecule has 0 saturated carbocycles. The summed E-state index contributed by atoms with van der Waals surface area (Å²) in [5.74, 6) is 0.0391. The molecule has 2 aromatic rings. The number of aliphatic hydroxyl groups excluding tert-OH is 3. The summed E-state index contributed by atoms with van der Waals surface area (Å²) >= 11 is 1.47. The van der Waals surface area contributed by atoms with Gasteiger partial charge >= 0.3 is 0 Å². The highest BCUT2D eigenvalue weighted by Gasteiger charge is 2.45. The van der Waals surface area contributed by atoms with Crippen LogP contribution in [-0.4, -0.2) is 64.2 Å². The van der Waals surface area contributed by atoms with E-state index in [1.807, 2.05) is 17.5 Å². The summed E-state index contributed by atoms with van der Waals surface area (Å²) in [7, 11) is 1.77. The average Bonchev–Trinajstić information content (AvgIpc) is 3.30. The van der Waals surface area contributed by atoms with Gasteiger partial charge in [-0.1, -0.05) is 6.07 Å². The van der Waals surface area contributed by atoms with Crippen molar-refractivity contribution in [2.45, 2.75) is 24.5 Å². The van der Waals surface area contributed by atoms with Crippen molar-refractivity contribution in [3.8, 4) is 0 Å². The predicted molar refractivity (Wildman–Crippen MR) is 90.6 cm³/mol. The Kier molecular flexibility index (Phi) is 4.13. The van der Waals surface area contributed by atoms with Crippen LogP contribution < -0.4 is 4.90 Å². The molecule has 0 spiro atoms. The van der Waals surface area contributed by atoms with Gasteiger partial charge in [0, 0.05) is 13.2 Å². The zero-order chi connectivity index (χ0) is 17.7. The third kappa shape index (κ3) is 2.51. The predicted octanol–water partition coefficient (Wildman–Crippen LogP) is 0.545. The second kappa shape index (κ2) is 6.19. The molecule has 7 nitrogen and oxygen atoms in total. The molecule has 0 radical (unpaired) electrons. The highest BCUT2D eigenvalue weighted by atomic mass is 32.1. The zero-order valence-electron chi connectivity index (χ0n) is 13.4. The van der Waals surface area contributed by atoms with E-state index < -0.39 is 37.0 Å². The maximum absolute atomic E-state index is 14.8.